The van der Waals surface area contributed by atoms with Crippen LogP contribution in [-0.4, -0.2) is 26.3 Å². The molecule has 1 aliphatic rings. The maximum atomic E-state index is 4.71. The van der Waals surface area contributed by atoms with E-state index in [9.17, 15) is 0 Å². The van der Waals surface area contributed by atoms with E-state index in [2.05, 4.69) is 22.3 Å². The zero-order valence-electron chi connectivity index (χ0n) is 11.5. The third kappa shape index (κ3) is 2.32. The van der Waals surface area contributed by atoms with Crippen LogP contribution in [0.5, 0.6) is 0 Å². The first kappa shape index (κ1) is 12.1. The number of fused-ring (bicyclic) bond motifs is 1. The molecule has 0 aliphatic heterocycles. The molecule has 1 aliphatic carbocycles. The van der Waals surface area contributed by atoms with Crippen LogP contribution in [0.1, 0.15) is 31.0 Å². The van der Waals surface area contributed by atoms with Gasteiger partial charge in [0.1, 0.15) is 11.5 Å². The number of hydrogen-bond donors (Lipinski definition) is 1. The Hall–Kier alpha value is -1.91. The van der Waals surface area contributed by atoms with Crippen LogP contribution < -0.4 is 5.32 Å². The molecule has 5 nitrogen and oxygen atoms in total. The highest BCUT2D eigenvalue weighted by Crippen LogP contribution is 2.27. The summed E-state index contributed by atoms with van der Waals surface area (Å²) in [5.41, 5.74) is 3.33. The van der Waals surface area contributed by atoms with Crippen molar-refractivity contribution >= 4 is 5.82 Å². The van der Waals surface area contributed by atoms with Crippen LogP contribution in [0.15, 0.2) is 12.3 Å². The summed E-state index contributed by atoms with van der Waals surface area (Å²) in [6, 6.07) is 1.96. The lowest BCUT2D eigenvalue weighted by Crippen LogP contribution is -2.13. The molecule has 0 amide bonds. The zero-order valence-corrected chi connectivity index (χ0v) is 11.5. The molecule has 0 unspecified atom stereocenters. The van der Waals surface area contributed by atoms with E-state index in [1.165, 1.54) is 24.1 Å². The Bertz CT molecular complexity index is 588. The summed E-state index contributed by atoms with van der Waals surface area (Å²) >= 11 is 0. The number of hydrogen-bond acceptors (Lipinski definition) is 4. The molecule has 0 atom stereocenters. The minimum atomic E-state index is 0.734. The Morgan fingerprint density at radius 2 is 2.11 bits per heavy atom. The van der Waals surface area contributed by atoms with Gasteiger partial charge in [0.05, 0.1) is 0 Å². The quantitative estimate of drug-likeness (QED) is 0.915. The summed E-state index contributed by atoms with van der Waals surface area (Å²) in [5, 5.41) is 7.76. The topological polar surface area (TPSA) is 55.6 Å². The van der Waals surface area contributed by atoms with E-state index in [1.54, 1.807) is 4.68 Å². The molecule has 3 rings (SSSR count). The van der Waals surface area contributed by atoms with E-state index in [0.717, 1.165) is 36.7 Å². The molecule has 2 aromatic rings. The van der Waals surface area contributed by atoms with Gasteiger partial charge in [-0.3, -0.25) is 4.68 Å². The molecule has 2 heterocycles. The number of nitrogens with zero attached hydrogens (tertiary/aromatic N) is 4. The van der Waals surface area contributed by atoms with Gasteiger partial charge in [-0.2, -0.15) is 5.10 Å². The Balaban J connectivity index is 2.08. The van der Waals surface area contributed by atoms with Crippen molar-refractivity contribution in [3.8, 4) is 11.5 Å². The van der Waals surface area contributed by atoms with Crippen LogP contribution in [-0.2, 0) is 19.9 Å². The summed E-state index contributed by atoms with van der Waals surface area (Å²) in [7, 11) is 1.91. The molecule has 1 N–H and O–H groups in total. The molecule has 0 saturated heterocycles. The van der Waals surface area contributed by atoms with Gasteiger partial charge >= 0.3 is 0 Å². The molecule has 19 heavy (non-hydrogen) atoms. The average Bonchev–Trinajstić information content (AvgIpc) is 2.86. The van der Waals surface area contributed by atoms with Crippen molar-refractivity contribution in [2.45, 2.75) is 32.6 Å². The van der Waals surface area contributed by atoms with Crippen molar-refractivity contribution in [3.05, 3.63) is 23.5 Å². The summed E-state index contributed by atoms with van der Waals surface area (Å²) < 4.78 is 1.78. The Kier molecular flexibility index (Phi) is 3.19. The normalized spacial score (nSPS) is 14.2. The van der Waals surface area contributed by atoms with Crippen molar-refractivity contribution < 1.29 is 0 Å². The minimum Gasteiger partial charge on any atom is -0.370 e. The molecule has 0 bridgehead atoms. The number of nitrogens with one attached hydrogen (secondary N) is 1. The lowest BCUT2D eigenvalue weighted by atomic mass is 9.96. The van der Waals surface area contributed by atoms with E-state index in [-0.39, 0.29) is 0 Å². The highest BCUT2D eigenvalue weighted by molar-refractivity contribution is 5.57. The predicted octanol–water partition coefficient (Wildman–Crippen LogP) is 2.19. The molecule has 5 heteroatoms. The van der Waals surface area contributed by atoms with Gasteiger partial charge < -0.3 is 5.32 Å². The van der Waals surface area contributed by atoms with E-state index in [4.69, 9.17) is 4.98 Å². The highest BCUT2D eigenvalue weighted by atomic mass is 15.3. The lowest BCUT2D eigenvalue weighted by molar-refractivity contribution is 0.664. The smallest absolute Gasteiger partial charge is 0.182 e. The zero-order chi connectivity index (χ0) is 13.2. The number of aromatic nitrogens is 4. The van der Waals surface area contributed by atoms with E-state index < -0.39 is 0 Å². The lowest BCUT2D eigenvalue weighted by Gasteiger charge is -2.19. The fourth-order valence-corrected chi connectivity index (χ4v) is 2.56. The fourth-order valence-electron chi connectivity index (χ4n) is 2.56. The second-order valence-corrected chi connectivity index (χ2v) is 4.93. The van der Waals surface area contributed by atoms with Gasteiger partial charge in [0.25, 0.3) is 0 Å². The van der Waals surface area contributed by atoms with Gasteiger partial charge in [0, 0.05) is 31.0 Å². The molecule has 0 spiro atoms. The predicted molar refractivity (Wildman–Crippen MR) is 75.0 cm³/mol. The number of anilines is 1. The fraction of sp³-hybridized carbons (Fsp3) is 0.500. The van der Waals surface area contributed by atoms with Crippen LogP contribution in [0.4, 0.5) is 5.82 Å². The van der Waals surface area contributed by atoms with Crippen molar-refractivity contribution in [2.75, 3.05) is 11.9 Å². The first-order valence-electron chi connectivity index (χ1n) is 6.91. The Morgan fingerprint density at radius 1 is 1.26 bits per heavy atom. The van der Waals surface area contributed by atoms with E-state index in [0.29, 0.717) is 0 Å². The Morgan fingerprint density at radius 3 is 2.84 bits per heavy atom. The largest absolute Gasteiger partial charge is 0.370 e. The second kappa shape index (κ2) is 4.99. The van der Waals surface area contributed by atoms with Crippen LogP contribution >= 0.6 is 0 Å². The Labute approximate surface area is 113 Å². The number of aryl methyl sites for hydroxylation is 2. The first-order valence-corrected chi connectivity index (χ1v) is 6.91. The van der Waals surface area contributed by atoms with Crippen LogP contribution in [0, 0.1) is 0 Å². The van der Waals surface area contributed by atoms with Gasteiger partial charge in [0.2, 0.25) is 0 Å². The van der Waals surface area contributed by atoms with Crippen molar-refractivity contribution in [3.63, 3.8) is 0 Å². The van der Waals surface area contributed by atoms with Crippen molar-refractivity contribution in [1.82, 2.24) is 19.7 Å². The van der Waals surface area contributed by atoms with Crippen LogP contribution in [0.25, 0.3) is 11.5 Å². The molecule has 100 valence electrons. The summed E-state index contributed by atoms with van der Waals surface area (Å²) in [4.78, 5) is 9.37. The average molecular weight is 257 g/mol. The van der Waals surface area contributed by atoms with Gasteiger partial charge in [-0.15, -0.1) is 0 Å². The second-order valence-electron chi connectivity index (χ2n) is 4.93. The van der Waals surface area contributed by atoms with E-state index >= 15 is 0 Å². The van der Waals surface area contributed by atoms with Crippen LogP contribution in [0.2, 0.25) is 0 Å². The molecule has 2 aromatic heterocycles. The molecule has 0 radical (unpaired) electrons. The van der Waals surface area contributed by atoms with Gasteiger partial charge in [-0.05, 0) is 38.7 Å². The third-order valence-corrected chi connectivity index (χ3v) is 3.47. The van der Waals surface area contributed by atoms with Crippen molar-refractivity contribution in [2.24, 2.45) is 7.05 Å². The summed E-state index contributed by atoms with van der Waals surface area (Å²) in [6.07, 6.45) is 6.51. The molecule has 0 fully saturated rings. The standard InChI is InChI=1S/C14H19N5/c1-3-15-13-10-6-4-5-7-11(10)16-14(17-13)12-8-9-19(2)18-12/h8-9H,3-7H2,1-2H3,(H,15,16,17). The minimum absolute atomic E-state index is 0.734. The van der Waals surface area contributed by atoms with E-state index in [1.807, 2.05) is 19.3 Å². The monoisotopic (exact) mass is 257 g/mol. The number of rotatable bonds is 3. The molecule has 0 saturated carbocycles. The van der Waals surface area contributed by atoms with Gasteiger partial charge in [-0.1, -0.05) is 0 Å². The van der Waals surface area contributed by atoms with Crippen LogP contribution in [0.3, 0.4) is 0 Å². The van der Waals surface area contributed by atoms with Gasteiger partial charge in [0.15, 0.2) is 5.82 Å². The maximum absolute atomic E-state index is 4.71. The first-order chi connectivity index (χ1) is 9.28. The van der Waals surface area contributed by atoms with Crippen molar-refractivity contribution in [1.29, 1.82) is 0 Å². The molecular formula is C14H19N5. The SMILES string of the molecule is CCNc1nc(-c2ccn(C)n2)nc2c1CCCC2. The third-order valence-electron chi connectivity index (χ3n) is 3.47. The molecule has 0 aromatic carbocycles. The summed E-state index contributed by atoms with van der Waals surface area (Å²) in [6.45, 7) is 2.98. The maximum Gasteiger partial charge on any atom is 0.182 e. The highest BCUT2D eigenvalue weighted by Gasteiger charge is 2.18. The van der Waals surface area contributed by atoms with Gasteiger partial charge in [-0.25, -0.2) is 9.97 Å². The summed E-state index contributed by atoms with van der Waals surface area (Å²) in [5.74, 6) is 1.73. The molecular weight excluding hydrogens is 238 g/mol.